The van der Waals surface area contributed by atoms with Gasteiger partial charge in [-0.15, -0.1) is 0 Å². The van der Waals surface area contributed by atoms with E-state index in [1.54, 1.807) is 24.3 Å². The van der Waals surface area contributed by atoms with Gasteiger partial charge in [-0.1, -0.05) is 0 Å². The quantitative estimate of drug-likeness (QED) is 0.407. The third-order valence-electron chi connectivity index (χ3n) is 4.39. The molecule has 0 amide bonds. The zero-order valence-electron chi connectivity index (χ0n) is 14.7. The first kappa shape index (κ1) is 19.6. The van der Waals surface area contributed by atoms with Gasteiger partial charge in [0.15, 0.2) is 5.54 Å². The van der Waals surface area contributed by atoms with E-state index in [9.17, 15) is 24.9 Å². The van der Waals surface area contributed by atoms with Gasteiger partial charge < -0.3 is 30.2 Å². The van der Waals surface area contributed by atoms with E-state index in [0.29, 0.717) is 11.3 Å². The van der Waals surface area contributed by atoms with E-state index in [1.807, 2.05) is 0 Å². The minimum absolute atomic E-state index is 0.107. The molecule has 1 unspecified atom stereocenters. The van der Waals surface area contributed by atoms with Crippen LogP contribution in [0.15, 0.2) is 45.6 Å². The summed E-state index contributed by atoms with van der Waals surface area (Å²) in [5, 5.41) is 29.2. The summed E-state index contributed by atoms with van der Waals surface area (Å²) in [5.74, 6) is -2.34. The Labute approximate surface area is 164 Å². The molecule has 0 fully saturated rings. The fraction of sp³-hybridized carbons (Fsp3) is 0.158. The Balaban J connectivity index is 2.48. The van der Waals surface area contributed by atoms with Crippen LogP contribution in [0.5, 0.6) is 17.2 Å². The molecule has 1 heterocycles. The predicted molar refractivity (Wildman–Crippen MR) is 105 cm³/mol. The van der Waals surface area contributed by atoms with Crippen LogP contribution in [0.4, 0.5) is 0 Å². The molecular weight excluding hydrogens is 386 g/mol. The van der Waals surface area contributed by atoms with Crippen LogP contribution in [0.2, 0.25) is 0 Å². The van der Waals surface area contributed by atoms with E-state index < -0.39 is 28.4 Å². The summed E-state index contributed by atoms with van der Waals surface area (Å²) in [4.78, 5) is 25.1. The summed E-state index contributed by atoms with van der Waals surface area (Å²) in [6, 6.07) is 8.43. The molecule has 0 aliphatic carbocycles. The highest BCUT2D eigenvalue weighted by atomic mass is 32.1. The topological polar surface area (TPSA) is 143 Å². The highest BCUT2D eigenvalue weighted by Crippen LogP contribution is 2.36. The number of hydrogen-bond acceptors (Lipinski definition) is 8. The Morgan fingerprint density at radius 3 is 2.43 bits per heavy atom. The molecule has 3 rings (SSSR count). The fourth-order valence-electron chi connectivity index (χ4n) is 2.89. The van der Waals surface area contributed by atoms with Gasteiger partial charge in [-0.25, -0.2) is 4.79 Å². The Morgan fingerprint density at radius 2 is 1.89 bits per heavy atom. The summed E-state index contributed by atoms with van der Waals surface area (Å²) >= 11 is 4.02. The van der Waals surface area contributed by atoms with Crippen molar-refractivity contribution >= 4 is 29.6 Å². The molecule has 3 aromatic rings. The van der Waals surface area contributed by atoms with Crippen molar-refractivity contribution in [3.8, 4) is 28.6 Å². The second kappa shape index (κ2) is 7.10. The number of aromatic hydroxyl groups is 2. The normalized spacial score (nSPS) is 13.2. The van der Waals surface area contributed by atoms with Crippen LogP contribution >= 0.6 is 12.6 Å². The molecule has 0 bridgehead atoms. The number of benzene rings is 2. The first-order chi connectivity index (χ1) is 13.2. The summed E-state index contributed by atoms with van der Waals surface area (Å²) in [6.45, 7) is 0. The van der Waals surface area contributed by atoms with E-state index in [-0.39, 0.29) is 28.0 Å². The van der Waals surface area contributed by atoms with Crippen molar-refractivity contribution in [3.05, 3.63) is 52.2 Å². The lowest BCUT2D eigenvalue weighted by molar-refractivity contribution is -0.142. The number of phenols is 2. The summed E-state index contributed by atoms with van der Waals surface area (Å²) in [6.07, 6.45) is 0. The third-order valence-corrected chi connectivity index (χ3v) is 4.89. The van der Waals surface area contributed by atoms with Crippen LogP contribution in [0.3, 0.4) is 0 Å². The molecule has 2 aromatic carbocycles. The van der Waals surface area contributed by atoms with Crippen molar-refractivity contribution < 1.29 is 29.3 Å². The Morgan fingerprint density at radius 1 is 1.25 bits per heavy atom. The molecule has 1 aromatic heterocycles. The Hall–Kier alpha value is -3.17. The molecule has 0 saturated heterocycles. The number of rotatable bonds is 5. The smallest absolute Gasteiger partial charge is 0.329 e. The van der Waals surface area contributed by atoms with E-state index in [2.05, 4.69) is 12.6 Å². The van der Waals surface area contributed by atoms with Gasteiger partial charge in [0.05, 0.1) is 12.7 Å². The average Bonchev–Trinajstić information content (AvgIpc) is 2.66. The largest absolute Gasteiger partial charge is 0.508 e. The predicted octanol–water partition coefficient (Wildman–Crippen LogP) is 2.05. The van der Waals surface area contributed by atoms with E-state index >= 15 is 0 Å². The maximum atomic E-state index is 13.2. The van der Waals surface area contributed by atoms with Crippen molar-refractivity contribution in [2.24, 2.45) is 5.73 Å². The minimum Gasteiger partial charge on any atom is -0.508 e. The van der Waals surface area contributed by atoms with Gasteiger partial charge in [0.1, 0.15) is 34.0 Å². The molecule has 5 N–H and O–H groups in total. The number of fused-ring (bicyclic) bond motifs is 1. The van der Waals surface area contributed by atoms with Crippen molar-refractivity contribution in [1.29, 1.82) is 0 Å². The van der Waals surface area contributed by atoms with Crippen LogP contribution < -0.4 is 15.9 Å². The molecule has 9 heteroatoms. The van der Waals surface area contributed by atoms with Crippen molar-refractivity contribution in [1.82, 2.24) is 0 Å². The number of carboxylic acid groups (broad SMARTS) is 1. The molecule has 0 saturated carbocycles. The summed E-state index contributed by atoms with van der Waals surface area (Å²) in [5.41, 5.74) is 2.89. The lowest BCUT2D eigenvalue weighted by atomic mass is 9.88. The number of aliphatic carboxylic acids is 1. The molecule has 1 atom stereocenters. The zero-order chi connectivity index (χ0) is 20.6. The van der Waals surface area contributed by atoms with Gasteiger partial charge in [-0.3, -0.25) is 4.79 Å². The third kappa shape index (κ3) is 3.04. The van der Waals surface area contributed by atoms with Gasteiger partial charge >= 0.3 is 5.97 Å². The lowest BCUT2D eigenvalue weighted by Crippen LogP contribution is -2.50. The summed E-state index contributed by atoms with van der Waals surface area (Å²) < 4.78 is 10.9. The van der Waals surface area contributed by atoms with Gasteiger partial charge in [-0.2, -0.15) is 12.6 Å². The molecule has 0 spiro atoms. The lowest BCUT2D eigenvalue weighted by Gasteiger charge is -2.24. The van der Waals surface area contributed by atoms with Gasteiger partial charge in [0.25, 0.3) is 0 Å². The van der Waals surface area contributed by atoms with E-state index in [4.69, 9.17) is 14.9 Å². The van der Waals surface area contributed by atoms with Gasteiger partial charge in [0, 0.05) is 23.4 Å². The highest BCUT2D eigenvalue weighted by molar-refractivity contribution is 7.80. The SMILES string of the molecule is COc1ccc(-c2oc3cc(O)cc(O)c3c(=O)c2C(N)(CS)C(=O)O)cc1. The Kier molecular flexibility index (Phi) is 4.97. The number of ether oxygens (including phenoxy) is 1. The monoisotopic (exact) mass is 403 g/mol. The molecule has 8 nitrogen and oxygen atoms in total. The van der Waals surface area contributed by atoms with Crippen LogP contribution in [-0.4, -0.2) is 34.2 Å². The Bertz CT molecular complexity index is 1120. The number of phenolic OH excluding ortho intramolecular Hbond substituents is 2. The molecule has 0 aliphatic heterocycles. The fourth-order valence-corrected chi connectivity index (χ4v) is 3.18. The maximum Gasteiger partial charge on any atom is 0.329 e. The number of carboxylic acids is 1. The molecule has 28 heavy (non-hydrogen) atoms. The molecule has 0 aliphatic rings. The van der Waals surface area contributed by atoms with Crippen LogP contribution in [0.25, 0.3) is 22.3 Å². The summed E-state index contributed by atoms with van der Waals surface area (Å²) in [7, 11) is 1.48. The van der Waals surface area contributed by atoms with E-state index in [0.717, 1.165) is 12.1 Å². The van der Waals surface area contributed by atoms with Gasteiger partial charge in [-0.05, 0) is 24.3 Å². The molecule has 146 valence electrons. The second-order valence-electron chi connectivity index (χ2n) is 6.14. The standard InChI is InChI=1S/C19H17NO7S/c1-26-11-4-2-9(3-5-11)17-15(19(20,8-28)18(24)25)16(23)14-12(22)6-10(21)7-13(14)27-17/h2-7,21-22,28H,8,20H2,1H3,(H,24,25). The molecular formula is C19H17NO7S. The zero-order valence-corrected chi connectivity index (χ0v) is 15.6. The highest BCUT2D eigenvalue weighted by Gasteiger charge is 2.41. The van der Waals surface area contributed by atoms with E-state index in [1.165, 1.54) is 7.11 Å². The number of thiol groups is 1. The first-order valence-electron chi connectivity index (χ1n) is 8.03. The number of carbonyl (C=O) groups is 1. The number of hydrogen-bond donors (Lipinski definition) is 5. The molecule has 0 radical (unpaired) electrons. The van der Waals surface area contributed by atoms with Crippen molar-refractivity contribution in [2.45, 2.75) is 5.54 Å². The van der Waals surface area contributed by atoms with Gasteiger partial charge in [0.2, 0.25) is 5.43 Å². The van der Waals surface area contributed by atoms with Crippen molar-refractivity contribution in [3.63, 3.8) is 0 Å². The van der Waals surface area contributed by atoms with Crippen LogP contribution in [0.1, 0.15) is 5.56 Å². The maximum absolute atomic E-state index is 13.2. The minimum atomic E-state index is -2.18. The second-order valence-corrected chi connectivity index (χ2v) is 6.45. The van der Waals surface area contributed by atoms with Crippen LogP contribution in [-0.2, 0) is 10.3 Å². The first-order valence-corrected chi connectivity index (χ1v) is 8.67. The average molecular weight is 403 g/mol. The van der Waals surface area contributed by atoms with Crippen molar-refractivity contribution in [2.75, 3.05) is 12.9 Å². The number of methoxy groups -OCH3 is 1. The number of nitrogens with two attached hydrogens (primary N) is 1. The van der Waals surface area contributed by atoms with Crippen LogP contribution in [0, 0.1) is 0 Å².